The van der Waals surface area contributed by atoms with Gasteiger partial charge in [0, 0.05) is 22.9 Å². The summed E-state index contributed by atoms with van der Waals surface area (Å²) >= 11 is 18.6. The van der Waals surface area contributed by atoms with Crippen LogP contribution in [0.25, 0.3) is 28.7 Å². The lowest BCUT2D eigenvalue weighted by Crippen LogP contribution is -2.07. The van der Waals surface area contributed by atoms with Gasteiger partial charge in [-0.25, -0.2) is 0 Å². The molecule has 4 rings (SSSR count). The first kappa shape index (κ1) is 22.2. The number of anilines is 1. The molecular weight excluding hydrogens is 473 g/mol. The number of aliphatic hydroxyl groups is 1. The molecule has 5 nitrogen and oxygen atoms in total. The van der Waals surface area contributed by atoms with E-state index in [1.54, 1.807) is 66.7 Å². The summed E-state index contributed by atoms with van der Waals surface area (Å²) in [7, 11) is 0. The number of halogens is 3. The van der Waals surface area contributed by atoms with Crippen LogP contribution in [0.3, 0.4) is 0 Å². The Morgan fingerprint density at radius 3 is 2.44 bits per heavy atom. The molecule has 162 valence electrons. The lowest BCUT2D eigenvalue weighted by Gasteiger charge is -2.06. The van der Waals surface area contributed by atoms with E-state index in [-0.39, 0.29) is 12.5 Å². The highest BCUT2D eigenvalue weighted by atomic mass is 35.5. The molecule has 0 saturated carbocycles. The number of aliphatic hydroxyl groups excluding tert-OH is 1. The van der Waals surface area contributed by atoms with Crippen LogP contribution in [0.1, 0.15) is 11.5 Å². The Labute approximate surface area is 198 Å². The monoisotopic (exact) mass is 487 g/mol. The molecule has 0 aliphatic carbocycles. The van der Waals surface area contributed by atoms with Crippen LogP contribution in [0.5, 0.6) is 0 Å². The fourth-order valence-corrected chi connectivity index (χ4v) is 3.69. The highest BCUT2D eigenvalue weighted by Crippen LogP contribution is 2.35. The average molecular weight is 489 g/mol. The number of benzene rings is 2. The molecule has 2 aromatic heterocycles. The second-order valence-electron chi connectivity index (χ2n) is 6.74. The first-order chi connectivity index (χ1) is 15.4. The van der Waals surface area contributed by atoms with E-state index < -0.39 is 0 Å². The van der Waals surface area contributed by atoms with Gasteiger partial charge in [0.15, 0.2) is 0 Å². The molecule has 0 aliphatic heterocycles. The molecule has 2 aromatic carbocycles. The average Bonchev–Trinajstić information content (AvgIpc) is 3.44. The van der Waals surface area contributed by atoms with Crippen molar-refractivity contribution in [2.45, 2.75) is 6.61 Å². The zero-order valence-corrected chi connectivity index (χ0v) is 18.7. The molecule has 4 aromatic rings. The van der Waals surface area contributed by atoms with E-state index in [0.717, 1.165) is 0 Å². The van der Waals surface area contributed by atoms with Crippen molar-refractivity contribution in [2.75, 3.05) is 5.32 Å². The van der Waals surface area contributed by atoms with Gasteiger partial charge in [0.25, 0.3) is 0 Å². The number of carbonyl (C=O) groups is 1. The molecule has 2 N–H and O–H groups in total. The van der Waals surface area contributed by atoms with Gasteiger partial charge in [0.2, 0.25) is 5.91 Å². The van der Waals surface area contributed by atoms with E-state index in [2.05, 4.69) is 5.32 Å². The summed E-state index contributed by atoms with van der Waals surface area (Å²) in [4.78, 5) is 12.3. The Morgan fingerprint density at radius 1 is 0.906 bits per heavy atom. The third-order valence-electron chi connectivity index (χ3n) is 4.56. The Morgan fingerprint density at radius 2 is 1.69 bits per heavy atom. The number of carbonyl (C=O) groups excluding carboxylic acids is 1. The zero-order valence-electron chi connectivity index (χ0n) is 16.4. The SMILES string of the molecule is O=C(/C=C/c1ccc(-c2cccc(Cl)c2Cl)o1)Nc1ccc(-c2ccc(CO)o2)c(Cl)c1. The Bertz CT molecular complexity index is 1310. The highest BCUT2D eigenvalue weighted by Gasteiger charge is 2.12. The van der Waals surface area contributed by atoms with Crippen molar-refractivity contribution in [2.24, 2.45) is 0 Å². The normalized spacial score (nSPS) is 11.2. The van der Waals surface area contributed by atoms with Crippen LogP contribution in [0, 0.1) is 0 Å². The third-order valence-corrected chi connectivity index (χ3v) is 5.69. The van der Waals surface area contributed by atoms with Gasteiger partial charge in [0.1, 0.15) is 29.6 Å². The molecule has 0 aliphatic rings. The van der Waals surface area contributed by atoms with Crippen LogP contribution < -0.4 is 5.32 Å². The van der Waals surface area contributed by atoms with Crippen LogP contribution >= 0.6 is 34.8 Å². The van der Waals surface area contributed by atoms with Gasteiger partial charge < -0.3 is 19.3 Å². The predicted octanol–water partition coefficient (Wildman–Crippen LogP) is 7.31. The van der Waals surface area contributed by atoms with Crippen molar-refractivity contribution in [1.29, 1.82) is 0 Å². The van der Waals surface area contributed by atoms with E-state index in [1.807, 2.05) is 0 Å². The van der Waals surface area contributed by atoms with Gasteiger partial charge in [-0.1, -0.05) is 40.9 Å². The second-order valence-corrected chi connectivity index (χ2v) is 7.94. The molecule has 2 heterocycles. The Balaban J connectivity index is 1.43. The van der Waals surface area contributed by atoms with Crippen molar-refractivity contribution in [3.05, 3.63) is 93.3 Å². The van der Waals surface area contributed by atoms with Crippen LogP contribution in [0.15, 0.2) is 75.6 Å². The standard InChI is InChI=1S/C24H16Cl3NO4/c25-19-3-1-2-18(24(19)27)22-9-5-15(31-22)7-11-23(30)28-14-4-8-17(20(26)12-14)21-10-6-16(13-29)32-21/h1-12,29H,13H2,(H,28,30)/b11-7+. The molecule has 1 amide bonds. The number of nitrogens with one attached hydrogen (secondary N) is 1. The molecule has 0 fully saturated rings. The van der Waals surface area contributed by atoms with Crippen LogP contribution in [0.4, 0.5) is 5.69 Å². The quantitative estimate of drug-likeness (QED) is 0.279. The minimum atomic E-state index is -0.354. The number of furan rings is 2. The molecule has 0 spiro atoms. The lowest BCUT2D eigenvalue weighted by atomic mass is 10.1. The predicted molar refractivity (Wildman–Crippen MR) is 127 cm³/mol. The maximum absolute atomic E-state index is 12.3. The highest BCUT2D eigenvalue weighted by molar-refractivity contribution is 6.43. The van der Waals surface area contributed by atoms with Gasteiger partial charge in [-0.05, 0) is 60.7 Å². The minimum absolute atomic E-state index is 0.193. The molecule has 0 saturated heterocycles. The topological polar surface area (TPSA) is 75.6 Å². The molecule has 0 unspecified atom stereocenters. The molecule has 0 radical (unpaired) electrons. The van der Waals surface area contributed by atoms with Crippen LogP contribution in [0.2, 0.25) is 15.1 Å². The largest absolute Gasteiger partial charge is 0.459 e. The summed E-state index contributed by atoms with van der Waals surface area (Å²) in [6.45, 7) is -0.193. The molecule has 0 atom stereocenters. The Kier molecular flexibility index (Phi) is 6.72. The van der Waals surface area contributed by atoms with E-state index in [0.29, 0.717) is 54.9 Å². The summed E-state index contributed by atoms with van der Waals surface area (Å²) in [5.74, 6) is 1.65. The molecular formula is C24H16Cl3NO4. The van der Waals surface area contributed by atoms with Crippen molar-refractivity contribution in [1.82, 2.24) is 0 Å². The van der Waals surface area contributed by atoms with Gasteiger partial charge in [-0.15, -0.1) is 0 Å². The summed E-state index contributed by atoms with van der Waals surface area (Å²) < 4.78 is 11.2. The first-order valence-electron chi connectivity index (χ1n) is 9.47. The van der Waals surface area contributed by atoms with Crippen LogP contribution in [-0.2, 0) is 11.4 Å². The van der Waals surface area contributed by atoms with Crippen molar-refractivity contribution >= 4 is 52.5 Å². The summed E-state index contributed by atoms with van der Waals surface area (Å²) in [5.41, 5.74) is 1.84. The smallest absolute Gasteiger partial charge is 0.248 e. The third kappa shape index (κ3) is 4.92. The van der Waals surface area contributed by atoms with Crippen molar-refractivity contribution in [3.8, 4) is 22.6 Å². The molecule has 0 bridgehead atoms. The van der Waals surface area contributed by atoms with E-state index in [1.165, 1.54) is 6.08 Å². The summed E-state index contributed by atoms with van der Waals surface area (Å²) in [5, 5.41) is 13.1. The number of rotatable bonds is 6. The summed E-state index contributed by atoms with van der Waals surface area (Å²) in [6.07, 6.45) is 2.90. The van der Waals surface area contributed by atoms with Gasteiger partial charge >= 0.3 is 0 Å². The van der Waals surface area contributed by atoms with Gasteiger partial charge in [0.05, 0.1) is 15.1 Å². The zero-order chi connectivity index (χ0) is 22.7. The lowest BCUT2D eigenvalue weighted by molar-refractivity contribution is -0.111. The minimum Gasteiger partial charge on any atom is -0.459 e. The number of hydrogen-bond acceptors (Lipinski definition) is 4. The molecule has 8 heteroatoms. The van der Waals surface area contributed by atoms with Crippen molar-refractivity contribution in [3.63, 3.8) is 0 Å². The second kappa shape index (κ2) is 9.67. The number of hydrogen-bond donors (Lipinski definition) is 2. The number of amides is 1. The Hall–Kier alpha value is -2.96. The maximum atomic E-state index is 12.3. The van der Waals surface area contributed by atoms with E-state index in [4.69, 9.17) is 48.7 Å². The maximum Gasteiger partial charge on any atom is 0.248 e. The first-order valence-corrected chi connectivity index (χ1v) is 10.6. The fourth-order valence-electron chi connectivity index (χ4n) is 3.02. The summed E-state index contributed by atoms with van der Waals surface area (Å²) in [6, 6.07) is 17.2. The van der Waals surface area contributed by atoms with Crippen molar-refractivity contribution < 1.29 is 18.7 Å². The molecule has 32 heavy (non-hydrogen) atoms. The van der Waals surface area contributed by atoms with E-state index >= 15 is 0 Å². The fraction of sp³-hybridized carbons (Fsp3) is 0.0417. The van der Waals surface area contributed by atoms with Gasteiger partial charge in [-0.3, -0.25) is 4.79 Å². The van der Waals surface area contributed by atoms with Gasteiger partial charge in [-0.2, -0.15) is 0 Å². The van der Waals surface area contributed by atoms with E-state index in [9.17, 15) is 4.79 Å². The van der Waals surface area contributed by atoms with Crippen LogP contribution in [-0.4, -0.2) is 11.0 Å².